The number of benzene rings is 1. The molecular formula is C15H19ClN2O4. The van der Waals surface area contributed by atoms with Gasteiger partial charge in [-0.05, 0) is 18.6 Å². The average molecular weight is 327 g/mol. The molecule has 1 aromatic rings. The summed E-state index contributed by atoms with van der Waals surface area (Å²) < 4.78 is 10.6. The van der Waals surface area contributed by atoms with Crippen molar-refractivity contribution in [3.05, 3.63) is 29.3 Å². The molecule has 1 aliphatic rings. The molecule has 7 heteroatoms. The number of nitrogens with one attached hydrogen (secondary N) is 1. The summed E-state index contributed by atoms with van der Waals surface area (Å²) in [7, 11) is 0. The van der Waals surface area contributed by atoms with E-state index in [-0.39, 0.29) is 12.3 Å². The topological polar surface area (TPSA) is 90.7 Å². The first-order chi connectivity index (χ1) is 10.5. The van der Waals surface area contributed by atoms with E-state index in [1.54, 1.807) is 12.1 Å². The van der Waals surface area contributed by atoms with Gasteiger partial charge in [-0.3, -0.25) is 9.59 Å². The van der Waals surface area contributed by atoms with Crippen LogP contribution >= 0.6 is 11.6 Å². The van der Waals surface area contributed by atoms with Crippen molar-refractivity contribution in [3.63, 3.8) is 0 Å². The summed E-state index contributed by atoms with van der Waals surface area (Å²) in [6.07, 6.45) is 0.935. The summed E-state index contributed by atoms with van der Waals surface area (Å²) in [4.78, 5) is 22.9. The summed E-state index contributed by atoms with van der Waals surface area (Å²) in [6, 6.07) is 7.17. The predicted octanol–water partition coefficient (Wildman–Crippen LogP) is 1.26. The number of carbonyl (C=O) groups excluding carboxylic acids is 2. The second kappa shape index (κ2) is 7.47. The molecule has 1 saturated heterocycles. The number of primary amides is 1. The van der Waals surface area contributed by atoms with Gasteiger partial charge in [0.25, 0.3) is 0 Å². The Morgan fingerprint density at radius 2 is 2.09 bits per heavy atom. The van der Waals surface area contributed by atoms with Gasteiger partial charge in [0.2, 0.25) is 11.8 Å². The number of nitrogens with two attached hydrogens (primary N) is 1. The quantitative estimate of drug-likeness (QED) is 0.704. The van der Waals surface area contributed by atoms with E-state index < -0.39 is 11.4 Å². The molecule has 120 valence electrons. The van der Waals surface area contributed by atoms with E-state index in [9.17, 15) is 9.59 Å². The summed E-state index contributed by atoms with van der Waals surface area (Å²) in [5, 5.41) is 3.37. The maximum absolute atomic E-state index is 11.9. The van der Waals surface area contributed by atoms with Crippen molar-refractivity contribution in [2.24, 2.45) is 5.73 Å². The summed E-state index contributed by atoms with van der Waals surface area (Å²) in [5.41, 5.74) is 4.55. The lowest BCUT2D eigenvalue weighted by molar-refractivity contribution is -0.138. The van der Waals surface area contributed by atoms with Crippen LogP contribution in [0.15, 0.2) is 24.3 Å². The third-order valence-corrected chi connectivity index (χ3v) is 3.63. The van der Waals surface area contributed by atoms with E-state index in [1.165, 1.54) is 0 Å². The van der Waals surface area contributed by atoms with Crippen molar-refractivity contribution in [2.75, 3.05) is 19.8 Å². The Labute approximate surface area is 133 Å². The second-order valence-electron chi connectivity index (χ2n) is 5.35. The van der Waals surface area contributed by atoms with Crippen LogP contribution in [0.1, 0.15) is 19.3 Å². The van der Waals surface area contributed by atoms with E-state index in [4.69, 9.17) is 26.8 Å². The predicted molar refractivity (Wildman–Crippen MR) is 81.7 cm³/mol. The molecular weight excluding hydrogens is 308 g/mol. The number of hydrogen-bond donors (Lipinski definition) is 2. The molecule has 0 atom stereocenters. The van der Waals surface area contributed by atoms with Gasteiger partial charge in [-0.25, -0.2) is 0 Å². The van der Waals surface area contributed by atoms with E-state index in [1.807, 2.05) is 12.1 Å². The first-order valence-corrected chi connectivity index (χ1v) is 7.43. The van der Waals surface area contributed by atoms with Crippen LogP contribution in [-0.4, -0.2) is 37.2 Å². The second-order valence-corrected chi connectivity index (χ2v) is 5.75. The fourth-order valence-electron chi connectivity index (χ4n) is 2.24. The molecule has 0 aromatic heterocycles. The van der Waals surface area contributed by atoms with Crippen molar-refractivity contribution in [3.8, 4) is 5.75 Å². The molecule has 3 N–H and O–H groups in total. The maximum atomic E-state index is 11.9. The van der Waals surface area contributed by atoms with Gasteiger partial charge in [0.15, 0.2) is 0 Å². The monoisotopic (exact) mass is 326 g/mol. The van der Waals surface area contributed by atoms with Crippen molar-refractivity contribution in [1.82, 2.24) is 5.32 Å². The number of rotatable bonds is 8. The lowest BCUT2D eigenvalue weighted by atomic mass is 9.92. The van der Waals surface area contributed by atoms with Crippen LogP contribution in [0.2, 0.25) is 5.02 Å². The minimum Gasteiger partial charge on any atom is -0.492 e. The molecule has 2 rings (SSSR count). The molecule has 1 fully saturated rings. The molecule has 0 bridgehead atoms. The van der Waals surface area contributed by atoms with Gasteiger partial charge < -0.3 is 20.5 Å². The van der Waals surface area contributed by atoms with Crippen LogP contribution < -0.4 is 15.8 Å². The molecule has 2 amide bonds. The third-order valence-electron chi connectivity index (χ3n) is 3.32. The van der Waals surface area contributed by atoms with Crippen molar-refractivity contribution in [2.45, 2.75) is 24.8 Å². The highest BCUT2D eigenvalue weighted by molar-refractivity contribution is 6.32. The van der Waals surface area contributed by atoms with E-state index in [2.05, 4.69) is 5.32 Å². The van der Waals surface area contributed by atoms with Gasteiger partial charge in [0, 0.05) is 6.42 Å². The van der Waals surface area contributed by atoms with E-state index >= 15 is 0 Å². The highest BCUT2D eigenvalue weighted by Crippen LogP contribution is 2.23. The van der Waals surface area contributed by atoms with Crippen LogP contribution in [0, 0.1) is 0 Å². The molecule has 1 aromatic carbocycles. The summed E-state index contributed by atoms with van der Waals surface area (Å²) in [6.45, 7) is 1.02. The lowest BCUT2D eigenvalue weighted by Crippen LogP contribution is -2.63. The number of ether oxygens (including phenoxy) is 2. The standard InChI is InChI=1S/C15H19ClN2O4/c16-11-4-1-2-5-12(11)22-7-3-6-14(20)18-15(8-13(17)19)9-21-10-15/h1-2,4-5H,3,6-10H2,(H2,17,19)(H,18,20). The maximum Gasteiger partial charge on any atom is 0.220 e. The largest absolute Gasteiger partial charge is 0.492 e. The minimum atomic E-state index is -0.632. The van der Waals surface area contributed by atoms with Gasteiger partial charge >= 0.3 is 0 Å². The molecule has 0 spiro atoms. The molecule has 1 aliphatic heterocycles. The van der Waals surface area contributed by atoms with Crippen molar-refractivity contribution in [1.29, 1.82) is 0 Å². The molecule has 1 heterocycles. The fraction of sp³-hybridized carbons (Fsp3) is 0.467. The van der Waals surface area contributed by atoms with Gasteiger partial charge in [0.05, 0.1) is 36.8 Å². The van der Waals surface area contributed by atoms with Crippen molar-refractivity contribution < 1.29 is 19.1 Å². The van der Waals surface area contributed by atoms with Gasteiger partial charge in [0.1, 0.15) is 5.75 Å². The molecule has 0 radical (unpaired) electrons. The lowest BCUT2D eigenvalue weighted by Gasteiger charge is -2.41. The Morgan fingerprint density at radius 3 is 2.68 bits per heavy atom. The number of hydrogen-bond acceptors (Lipinski definition) is 4. The number of carbonyl (C=O) groups is 2. The molecule has 0 unspecified atom stereocenters. The van der Waals surface area contributed by atoms with Gasteiger partial charge in [-0.1, -0.05) is 23.7 Å². The van der Waals surface area contributed by atoms with Crippen LogP contribution in [0.3, 0.4) is 0 Å². The Balaban J connectivity index is 1.70. The van der Waals surface area contributed by atoms with Crippen molar-refractivity contribution >= 4 is 23.4 Å². The zero-order chi connectivity index (χ0) is 16.0. The first kappa shape index (κ1) is 16.6. The van der Waals surface area contributed by atoms with E-state index in [0.29, 0.717) is 43.4 Å². The highest BCUT2D eigenvalue weighted by atomic mass is 35.5. The number of halogens is 1. The van der Waals surface area contributed by atoms with Crippen LogP contribution in [0.4, 0.5) is 0 Å². The Morgan fingerprint density at radius 1 is 1.36 bits per heavy atom. The van der Waals surface area contributed by atoms with Crippen LogP contribution in [0.5, 0.6) is 5.75 Å². The molecule has 22 heavy (non-hydrogen) atoms. The Kier molecular flexibility index (Phi) is 5.63. The third kappa shape index (κ3) is 4.61. The van der Waals surface area contributed by atoms with Crippen LogP contribution in [-0.2, 0) is 14.3 Å². The van der Waals surface area contributed by atoms with Gasteiger partial charge in [-0.2, -0.15) is 0 Å². The zero-order valence-electron chi connectivity index (χ0n) is 12.1. The summed E-state index contributed by atoms with van der Waals surface area (Å²) in [5.74, 6) is 0.000118. The molecule has 0 aliphatic carbocycles. The Bertz CT molecular complexity index is 546. The van der Waals surface area contributed by atoms with Crippen LogP contribution in [0.25, 0.3) is 0 Å². The highest BCUT2D eigenvalue weighted by Gasteiger charge is 2.41. The summed E-state index contributed by atoms with van der Waals surface area (Å²) >= 11 is 5.97. The number of amides is 2. The zero-order valence-corrected chi connectivity index (χ0v) is 12.9. The SMILES string of the molecule is NC(=O)CC1(NC(=O)CCCOc2ccccc2Cl)COC1. The molecule has 6 nitrogen and oxygen atoms in total. The Hall–Kier alpha value is -1.79. The smallest absolute Gasteiger partial charge is 0.220 e. The fourth-order valence-corrected chi connectivity index (χ4v) is 2.43. The normalized spacial score (nSPS) is 15.7. The first-order valence-electron chi connectivity index (χ1n) is 7.05. The van der Waals surface area contributed by atoms with Gasteiger partial charge in [-0.15, -0.1) is 0 Å². The van der Waals surface area contributed by atoms with E-state index in [0.717, 1.165) is 0 Å². The molecule has 0 saturated carbocycles. The minimum absolute atomic E-state index is 0.0921. The average Bonchev–Trinajstić information content (AvgIpc) is 2.42. The number of para-hydroxylation sites is 1.